The minimum absolute atomic E-state index is 0.0443. The van der Waals surface area contributed by atoms with Crippen molar-refractivity contribution in [2.45, 2.75) is 61.7 Å². The number of nitrogens with one attached hydrogen (secondary N) is 2. The fourth-order valence-electron chi connectivity index (χ4n) is 4.80. The number of amides is 2. The highest BCUT2D eigenvalue weighted by Gasteiger charge is 2.69. The Morgan fingerprint density at radius 1 is 1.07 bits per heavy atom. The second kappa shape index (κ2) is 6.90. The number of hydrogen-bond acceptors (Lipinski definition) is 5. The maximum absolute atomic E-state index is 12.2. The molecule has 152 valence electrons. The van der Waals surface area contributed by atoms with Crippen LogP contribution in [0.5, 0.6) is 5.75 Å². The molecule has 0 aliphatic heterocycles. The summed E-state index contributed by atoms with van der Waals surface area (Å²) in [4.78, 5) is 24.3. The lowest BCUT2D eigenvalue weighted by Crippen LogP contribution is -2.84. The molecule has 0 saturated heterocycles. The normalized spacial score (nSPS) is 35.0. The van der Waals surface area contributed by atoms with Gasteiger partial charge in [0.25, 0.3) is 5.91 Å². The molecule has 4 fully saturated rings. The largest absolute Gasteiger partial charge is 0.484 e. The first-order valence-corrected chi connectivity index (χ1v) is 9.97. The van der Waals surface area contributed by atoms with Crippen molar-refractivity contribution in [2.24, 2.45) is 5.73 Å². The van der Waals surface area contributed by atoms with Gasteiger partial charge in [0.1, 0.15) is 12.4 Å². The second-order valence-corrected chi connectivity index (χ2v) is 9.27. The van der Waals surface area contributed by atoms with Crippen molar-refractivity contribution in [3.8, 4) is 5.75 Å². The third-order valence-corrected chi connectivity index (χ3v) is 6.21. The lowest BCUT2D eigenvalue weighted by Gasteiger charge is -2.70. The number of rotatable bonds is 8. The SMILES string of the molecule is C[C@]1(OCC(=O)NC23CC(NC(=O)COc4ccc(Cl)cc4)(C2)C3)C[C@H](N)C1. The van der Waals surface area contributed by atoms with Gasteiger partial charge in [-0.2, -0.15) is 0 Å². The summed E-state index contributed by atoms with van der Waals surface area (Å²) >= 11 is 5.82. The van der Waals surface area contributed by atoms with E-state index in [2.05, 4.69) is 10.6 Å². The standard InChI is InChI=1S/C20H26ClN3O4/c1-18(6-14(22)7-18)28-9-17(26)24-20-10-19(11-20,12-20)23-16(25)8-27-15-4-2-13(21)3-5-15/h2-5,14H,6-12,22H2,1H3,(H,23,25)(H,24,26)/t14-,18-,19?,20?. The van der Waals surface area contributed by atoms with Crippen LogP contribution >= 0.6 is 11.6 Å². The first-order chi connectivity index (χ1) is 13.2. The van der Waals surface area contributed by atoms with E-state index < -0.39 is 0 Å². The molecule has 2 bridgehead atoms. The highest BCUT2D eigenvalue weighted by Crippen LogP contribution is 2.60. The number of hydrogen-bond donors (Lipinski definition) is 3. The van der Waals surface area contributed by atoms with E-state index in [1.54, 1.807) is 24.3 Å². The second-order valence-electron chi connectivity index (χ2n) is 8.84. The summed E-state index contributed by atoms with van der Waals surface area (Å²) in [7, 11) is 0. The Morgan fingerprint density at radius 3 is 2.14 bits per heavy atom. The molecule has 28 heavy (non-hydrogen) atoms. The molecule has 2 amide bonds. The molecule has 4 aliphatic carbocycles. The summed E-state index contributed by atoms with van der Waals surface area (Å²) in [6, 6.07) is 7.05. The van der Waals surface area contributed by atoms with Crippen molar-refractivity contribution in [1.29, 1.82) is 0 Å². The van der Waals surface area contributed by atoms with Crippen molar-refractivity contribution in [1.82, 2.24) is 10.6 Å². The van der Waals surface area contributed by atoms with Crippen molar-refractivity contribution >= 4 is 23.4 Å². The third kappa shape index (κ3) is 3.97. The van der Waals surface area contributed by atoms with E-state index in [9.17, 15) is 9.59 Å². The van der Waals surface area contributed by atoms with Gasteiger partial charge in [-0.1, -0.05) is 11.6 Å². The maximum Gasteiger partial charge on any atom is 0.258 e. The zero-order valence-corrected chi connectivity index (χ0v) is 16.7. The first-order valence-electron chi connectivity index (χ1n) is 9.59. The van der Waals surface area contributed by atoms with Crippen LogP contribution in [0.15, 0.2) is 24.3 Å². The molecule has 0 heterocycles. The van der Waals surface area contributed by atoms with Crippen LogP contribution in [0.1, 0.15) is 39.0 Å². The van der Waals surface area contributed by atoms with Gasteiger partial charge in [-0.05, 0) is 63.3 Å². The lowest BCUT2D eigenvalue weighted by atomic mass is 9.44. The Hall–Kier alpha value is -1.83. The van der Waals surface area contributed by atoms with Crippen molar-refractivity contribution < 1.29 is 19.1 Å². The first kappa shape index (κ1) is 19.5. The van der Waals surface area contributed by atoms with Crippen LogP contribution < -0.4 is 21.1 Å². The molecule has 4 saturated carbocycles. The van der Waals surface area contributed by atoms with Crippen LogP contribution in [0.2, 0.25) is 5.02 Å². The van der Waals surface area contributed by atoms with Crippen LogP contribution in [-0.2, 0) is 14.3 Å². The number of nitrogens with two attached hydrogens (primary N) is 1. The van der Waals surface area contributed by atoms with Crippen molar-refractivity contribution in [2.75, 3.05) is 13.2 Å². The fourth-order valence-corrected chi connectivity index (χ4v) is 4.93. The van der Waals surface area contributed by atoms with E-state index in [4.69, 9.17) is 26.8 Å². The van der Waals surface area contributed by atoms with Crippen molar-refractivity contribution in [3.05, 3.63) is 29.3 Å². The van der Waals surface area contributed by atoms with Gasteiger partial charge >= 0.3 is 0 Å². The molecule has 5 rings (SSSR count). The van der Waals surface area contributed by atoms with E-state index in [-0.39, 0.29) is 47.7 Å². The maximum atomic E-state index is 12.2. The molecule has 0 aromatic heterocycles. The quantitative estimate of drug-likeness (QED) is 0.606. The predicted molar refractivity (Wildman–Crippen MR) is 104 cm³/mol. The van der Waals surface area contributed by atoms with Gasteiger partial charge in [0.15, 0.2) is 6.61 Å². The van der Waals surface area contributed by atoms with Gasteiger partial charge in [0.2, 0.25) is 5.91 Å². The van der Waals surface area contributed by atoms with Crippen LogP contribution in [0, 0.1) is 0 Å². The Morgan fingerprint density at radius 2 is 1.61 bits per heavy atom. The van der Waals surface area contributed by atoms with E-state index in [1.165, 1.54) is 0 Å². The fraction of sp³-hybridized carbons (Fsp3) is 0.600. The average molecular weight is 408 g/mol. The summed E-state index contributed by atoms with van der Waals surface area (Å²) in [5.74, 6) is 0.335. The smallest absolute Gasteiger partial charge is 0.258 e. The Kier molecular flexibility index (Phi) is 4.80. The number of ether oxygens (including phenoxy) is 2. The lowest BCUT2D eigenvalue weighted by molar-refractivity contribution is -0.159. The summed E-state index contributed by atoms with van der Waals surface area (Å²) in [5.41, 5.74) is 5.12. The minimum Gasteiger partial charge on any atom is -0.484 e. The van der Waals surface area contributed by atoms with Crippen LogP contribution in [-0.4, -0.2) is 47.7 Å². The van der Waals surface area contributed by atoms with E-state index in [0.717, 1.165) is 32.1 Å². The zero-order chi connectivity index (χ0) is 20.0. The van der Waals surface area contributed by atoms with E-state index >= 15 is 0 Å². The third-order valence-electron chi connectivity index (χ3n) is 5.96. The van der Waals surface area contributed by atoms with Gasteiger partial charge in [0, 0.05) is 22.1 Å². The Bertz CT molecular complexity index is 756. The average Bonchev–Trinajstić information content (AvgIpc) is 2.55. The van der Waals surface area contributed by atoms with Crippen LogP contribution in [0.3, 0.4) is 0 Å². The molecule has 7 nitrogen and oxygen atoms in total. The van der Waals surface area contributed by atoms with Gasteiger partial charge < -0.3 is 25.8 Å². The molecular formula is C20H26ClN3O4. The van der Waals surface area contributed by atoms with E-state index in [1.807, 2.05) is 6.92 Å². The minimum atomic E-state index is -0.268. The van der Waals surface area contributed by atoms with Gasteiger partial charge in [-0.15, -0.1) is 0 Å². The number of benzene rings is 1. The highest BCUT2D eigenvalue weighted by atomic mass is 35.5. The number of carbonyl (C=O) groups excluding carboxylic acids is 2. The topological polar surface area (TPSA) is 103 Å². The zero-order valence-electron chi connectivity index (χ0n) is 15.9. The van der Waals surface area contributed by atoms with Crippen LogP contribution in [0.4, 0.5) is 0 Å². The summed E-state index contributed by atoms with van der Waals surface area (Å²) < 4.78 is 11.2. The van der Waals surface area contributed by atoms with Crippen LogP contribution in [0.25, 0.3) is 0 Å². The van der Waals surface area contributed by atoms with Gasteiger partial charge in [0.05, 0.1) is 5.60 Å². The molecule has 4 N–H and O–H groups in total. The molecule has 0 spiro atoms. The summed E-state index contributed by atoms with van der Waals surface area (Å²) in [5, 5.41) is 6.71. The van der Waals surface area contributed by atoms with Gasteiger partial charge in [-0.3, -0.25) is 9.59 Å². The number of carbonyl (C=O) groups is 2. The molecule has 0 unspecified atom stereocenters. The van der Waals surface area contributed by atoms with E-state index in [0.29, 0.717) is 10.8 Å². The molecule has 1 aromatic carbocycles. The van der Waals surface area contributed by atoms with Crippen molar-refractivity contribution in [3.63, 3.8) is 0 Å². The number of halogens is 1. The highest BCUT2D eigenvalue weighted by molar-refractivity contribution is 6.30. The molecular weight excluding hydrogens is 382 g/mol. The Labute approximate surface area is 169 Å². The molecule has 1 aromatic rings. The molecule has 8 heteroatoms. The van der Waals surface area contributed by atoms with Gasteiger partial charge in [-0.25, -0.2) is 0 Å². The molecule has 0 atom stereocenters. The Balaban J connectivity index is 1.14. The predicted octanol–water partition coefficient (Wildman–Crippen LogP) is 1.52. The molecule has 0 radical (unpaired) electrons. The summed E-state index contributed by atoms with van der Waals surface area (Å²) in [6.45, 7) is 2.00. The monoisotopic (exact) mass is 407 g/mol. The summed E-state index contributed by atoms with van der Waals surface area (Å²) in [6.07, 6.45) is 3.83. The molecule has 4 aliphatic rings.